The largest absolute Gasteiger partial charge is 0.425 e. The summed E-state index contributed by atoms with van der Waals surface area (Å²) in [5, 5.41) is 0. The molecule has 0 aliphatic heterocycles. The Kier molecular flexibility index (Phi) is 4.91. The maximum Gasteiger partial charge on any atom is 0.310 e. The second-order valence-electron chi connectivity index (χ2n) is 2.91. The fraction of sp³-hybridized carbons (Fsp3) is 0.364. The highest BCUT2D eigenvalue weighted by Gasteiger charge is 2.08. The second kappa shape index (κ2) is 5.98. The predicted octanol–water partition coefficient (Wildman–Crippen LogP) is 2.46. The number of carbonyl (C=O) groups excluding carboxylic acids is 1. The van der Waals surface area contributed by atoms with Crippen LogP contribution in [-0.2, 0) is 25.4 Å². The van der Waals surface area contributed by atoms with Crippen molar-refractivity contribution >= 4 is 26.6 Å². The molecule has 1 rings (SSSR count). The molecule has 0 fully saturated rings. The van der Waals surface area contributed by atoms with Gasteiger partial charge in [0.25, 0.3) is 0 Å². The van der Waals surface area contributed by atoms with E-state index in [4.69, 9.17) is 15.9 Å². The van der Waals surface area contributed by atoms with E-state index in [0.717, 1.165) is 10.6 Å². The minimum Gasteiger partial charge on any atom is -0.425 e. The molecule has 0 aliphatic rings. The number of hydrogen-bond donors (Lipinski definition) is 0. The van der Waals surface area contributed by atoms with Crippen molar-refractivity contribution in [1.29, 1.82) is 0 Å². The molecule has 0 aromatic heterocycles. The van der Waals surface area contributed by atoms with Crippen molar-refractivity contribution in [2.75, 3.05) is 5.75 Å². The third kappa shape index (κ3) is 3.39. The summed E-state index contributed by atoms with van der Waals surface area (Å²) >= 11 is 5.32. The van der Waals surface area contributed by atoms with Crippen LogP contribution in [0.5, 0.6) is 5.75 Å². The quantitative estimate of drug-likeness (QED) is 0.599. The molecule has 15 heavy (non-hydrogen) atoms. The van der Waals surface area contributed by atoms with Crippen LogP contribution in [0.3, 0.4) is 0 Å². The van der Waals surface area contributed by atoms with Crippen LogP contribution in [0, 0.1) is 0 Å². The monoisotopic (exact) mass is 242 g/mol. The molecule has 0 amide bonds. The lowest BCUT2D eigenvalue weighted by molar-refractivity contribution is -0.134. The predicted molar refractivity (Wildman–Crippen MR) is 65.9 cm³/mol. The summed E-state index contributed by atoms with van der Waals surface area (Å²) in [5.74, 6) is 1.28. The third-order valence-electron chi connectivity index (χ3n) is 1.87. The van der Waals surface area contributed by atoms with Crippen LogP contribution in [0.1, 0.15) is 20.3 Å². The van der Waals surface area contributed by atoms with Crippen LogP contribution in [0.25, 0.3) is 0 Å². The van der Waals surface area contributed by atoms with Crippen LogP contribution in [0.2, 0.25) is 0 Å². The Balaban J connectivity index is 2.96. The molecule has 0 heterocycles. The maximum atomic E-state index is 11.2. The zero-order valence-corrected chi connectivity index (χ0v) is 10.5. The van der Waals surface area contributed by atoms with Crippen LogP contribution in [0.15, 0.2) is 29.2 Å². The van der Waals surface area contributed by atoms with Crippen LogP contribution in [-0.4, -0.2) is 11.7 Å². The van der Waals surface area contributed by atoms with E-state index >= 15 is 0 Å². The van der Waals surface area contributed by atoms with E-state index in [9.17, 15) is 4.79 Å². The molecule has 0 saturated carbocycles. The zero-order valence-electron chi connectivity index (χ0n) is 8.86. The van der Waals surface area contributed by atoms with Crippen molar-refractivity contribution in [3.05, 3.63) is 24.3 Å². The fourth-order valence-corrected chi connectivity index (χ4v) is 2.36. The first kappa shape index (κ1) is 12.3. The van der Waals surface area contributed by atoms with Gasteiger partial charge in [-0.15, -0.1) is 0 Å². The van der Waals surface area contributed by atoms with E-state index in [1.807, 2.05) is 25.1 Å². The standard InChI is InChI=1S/C11H14O2S2/c1-3-11(12)13-9-7-5-6-8-10(9)15(14)4-2/h5-8H,3-4H2,1-2H3. The highest BCUT2D eigenvalue weighted by atomic mass is 32.8. The Labute approximate surface area is 97.2 Å². The van der Waals surface area contributed by atoms with Crippen molar-refractivity contribution in [3.8, 4) is 5.75 Å². The van der Waals surface area contributed by atoms with E-state index < -0.39 is 0 Å². The SMILES string of the molecule is CCC(=O)Oc1ccccc1S(=S)CC. The molecule has 0 aliphatic carbocycles. The van der Waals surface area contributed by atoms with E-state index in [1.54, 1.807) is 13.0 Å². The smallest absolute Gasteiger partial charge is 0.310 e. The van der Waals surface area contributed by atoms with Gasteiger partial charge in [0, 0.05) is 6.42 Å². The molecular weight excluding hydrogens is 228 g/mol. The molecule has 0 N–H and O–H groups in total. The molecule has 82 valence electrons. The lowest BCUT2D eigenvalue weighted by Gasteiger charge is -2.09. The van der Waals surface area contributed by atoms with Gasteiger partial charge in [-0.2, -0.15) is 0 Å². The average Bonchev–Trinajstić information content (AvgIpc) is 2.28. The average molecular weight is 242 g/mol. The summed E-state index contributed by atoms with van der Waals surface area (Å²) in [6, 6.07) is 7.49. The highest BCUT2D eigenvalue weighted by molar-refractivity contribution is 8.28. The number of para-hydroxylation sites is 1. The third-order valence-corrected chi connectivity index (χ3v) is 4.47. The number of esters is 1. The Hall–Kier alpha value is -0.740. The first-order valence-electron chi connectivity index (χ1n) is 4.87. The summed E-state index contributed by atoms with van der Waals surface area (Å²) < 4.78 is 5.22. The van der Waals surface area contributed by atoms with Crippen LogP contribution >= 0.6 is 0 Å². The van der Waals surface area contributed by atoms with Crippen molar-refractivity contribution in [2.24, 2.45) is 0 Å². The molecule has 1 aromatic rings. The minimum absolute atomic E-state index is 0.217. The number of benzene rings is 1. The van der Waals surface area contributed by atoms with Crippen molar-refractivity contribution in [3.63, 3.8) is 0 Å². The van der Waals surface area contributed by atoms with Gasteiger partial charge in [-0.05, 0) is 29.1 Å². The van der Waals surface area contributed by atoms with Gasteiger partial charge in [0.1, 0.15) is 5.75 Å². The molecule has 4 heteroatoms. The van der Waals surface area contributed by atoms with Gasteiger partial charge in [0.05, 0.1) is 4.90 Å². The molecule has 1 aromatic carbocycles. The van der Waals surface area contributed by atoms with Gasteiger partial charge in [-0.1, -0.05) is 35.4 Å². The van der Waals surface area contributed by atoms with Gasteiger partial charge in [-0.3, -0.25) is 4.79 Å². The molecule has 1 unspecified atom stereocenters. The maximum absolute atomic E-state index is 11.2. The van der Waals surface area contributed by atoms with E-state index in [-0.39, 0.29) is 15.4 Å². The second-order valence-corrected chi connectivity index (χ2v) is 5.82. The molecule has 2 nitrogen and oxygen atoms in total. The lowest BCUT2D eigenvalue weighted by atomic mass is 10.3. The van der Waals surface area contributed by atoms with E-state index in [0.29, 0.717) is 12.2 Å². The first-order chi connectivity index (χ1) is 7.19. The Bertz CT molecular complexity index is 375. The molecule has 0 radical (unpaired) electrons. The van der Waals surface area contributed by atoms with Gasteiger partial charge in [0.15, 0.2) is 0 Å². The molecule has 0 spiro atoms. The zero-order chi connectivity index (χ0) is 11.3. The summed E-state index contributed by atoms with van der Waals surface area (Å²) in [6.45, 7) is 3.81. The molecule has 0 saturated heterocycles. The minimum atomic E-state index is -0.264. The Morgan fingerprint density at radius 1 is 1.40 bits per heavy atom. The number of hydrogen-bond acceptors (Lipinski definition) is 3. The van der Waals surface area contributed by atoms with Gasteiger partial charge in [0.2, 0.25) is 0 Å². The van der Waals surface area contributed by atoms with Gasteiger partial charge >= 0.3 is 5.97 Å². The topological polar surface area (TPSA) is 26.3 Å². The van der Waals surface area contributed by atoms with Crippen molar-refractivity contribution < 1.29 is 9.53 Å². The Morgan fingerprint density at radius 2 is 2.07 bits per heavy atom. The normalized spacial score (nSPS) is 12.1. The first-order valence-corrected chi connectivity index (χ1v) is 7.19. The number of rotatable bonds is 4. The van der Waals surface area contributed by atoms with Crippen LogP contribution < -0.4 is 4.74 Å². The molecular formula is C11H14O2S2. The highest BCUT2D eigenvalue weighted by Crippen LogP contribution is 2.22. The molecule has 0 bridgehead atoms. The number of carbonyl (C=O) groups is 1. The summed E-state index contributed by atoms with van der Waals surface area (Å²) in [6.07, 6.45) is 0.381. The van der Waals surface area contributed by atoms with Crippen LogP contribution in [0.4, 0.5) is 0 Å². The van der Waals surface area contributed by atoms with E-state index in [1.165, 1.54) is 0 Å². The fourth-order valence-electron chi connectivity index (χ4n) is 1.07. The summed E-state index contributed by atoms with van der Waals surface area (Å²) in [4.78, 5) is 12.1. The summed E-state index contributed by atoms with van der Waals surface area (Å²) in [5.41, 5.74) is 0. The molecule has 1 atom stereocenters. The summed E-state index contributed by atoms with van der Waals surface area (Å²) in [7, 11) is -0.264. The number of ether oxygens (including phenoxy) is 1. The van der Waals surface area contributed by atoms with Crippen molar-refractivity contribution in [2.45, 2.75) is 25.2 Å². The Morgan fingerprint density at radius 3 is 2.67 bits per heavy atom. The van der Waals surface area contributed by atoms with Crippen molar-refractivity contribution in [1.82, 2.24) is 0 Å². The van der Waals surface area contributed by atoms with Gasteiger partial charge in [-0.25, -0.2) is 0 Å². The van der Waals surface area contributed by atoms with E-state index in [2.05, 4.69) is 0 Å². The lowest BCUT2D eigenvalue weighted by Crippen LogP contribution is -2.08. The van der Waals surface area contributed by atoms with Gasteiger partial charge < -0.3 is 4.74 Å².